The van der Waals surface area contributed by atoms with Gasteiger partial charge in [0.1, 0.15) is 0 Å². The summed E-state index contributed by atoms with van der Waals surface area (Å²) in [7, 11) is 0. The molecule has 3 nitrogen and oxygen atoms in total. The van der Waals surface area contributed by atoms with E-state index in [0.29, 0.717) is 12.0 Å². The fourth-order valence-electron chi connectivity index (χ4n) is 1.83. The Balaban J connectivity index is 2.39. The summed E-state index contributed by atoms with van der Waals surface area (Å²) < 4.78 is 4.62. The van der Waals surface area contributed by atoms with Gasteiger partial charge in [0.25, 0.3) is 0 Å². The SMILES string of the molecule is CC1CC2CC=C1C(=O)OC2=O. The minimum absolute atomic E-state index is 0.0878. The molecule has 0 aromatic heterocycles. The quantitative estimate of drug-likeness (QED) is 0.399. The minimum Gasteiger partial charge on any atom is -0.389 e. The first kappa shape index (κ1) is 7.53. The number of rotatable bonds is 0. The Bertz CT molecular complexity index is 277. The van der Waals surface area contributed by atoms with E-state index in [2.05, 4.69) is 4.74 Å². The van der Waals surface area contributed by atoms with Gasteiger partial charge in [-0.05, 0) is 18.8 Å². The zero-order valence-electron chi connectivity index (χ0n) is 6.87. The fourth-order valence-corrected chi connectivity index (χ4v) is 1.83. The molecule has 2 bridgehead atoms. The summed E-state index contributed by atoms with van der Waals surface area (Å²) >= 11 is 0. The van der Waals surface area contributed by atoms with E-state index in [9.17, 15) is 9.59 Å². The third-order valence-electron chi connectivity index (χ3n) is 2.55. The van der Waals surface area contributed by atoms with E-state index in [-0.39, 0.29) is 17.8 Å². The Morgan fingerprint density at radius 2 is 2.25 bits per heavy atom. The second-order valence-electron chi connectivity index (χ2n) is 3.44. The van der Waals surface area contributed by atoms with Crippen molar-refractivity contribution in [3.63, 3.8) is 0 Å². The smallest absolute Gasteiger partial charge is 0.341 e. The van der Waals surface area contributed by atoms with Crippen LogP contribution >= 0.6 is 0 Å². The predicted octanol–water partition coefficient (Wildman–Crippen LogP) is 1.04. The maximum Gasteiger partial charge on any atom is 0.341 e. The van der Waals surface area contributed by atoms with Crippen molar-refractivity contribution in [1.82, 2.24) is 0 Å². The lowest BCUT2D eigenvalue weighted by atomic mass is 9.83. The lowest BCUT2D eigenvalue weighted by Gasteiger charge is -2.17. The molecule has 2 aliphatic heterocycles. The standard InChI is InChI=1S/C9H10O3/c1-5-4-6-2-3-7(5)9(11)12-8(6)10/h3,5-6H,2,4H2,1H3. The van der Waals surface area contributed by atoms with Crippen LogP contribution in [0.15, 0.2) is 11.6 Å². The van der Waals surface area contributed by atoms with E-state index < -0.39 is 5.97 Å². The van der Waals surface area contributed by atoms with E-state index in [1.165, 1.54) is 0 Å². The first-order valence-electron chi connectivity index (χ1n) is 4.14. The summed E-state index contributed by atoms with van der Waals surface area (Å²) in [5.41, 5.74) is 0.678. The fraction of sp³-hybridized carbons (Fsp3) is 0.556. The molecule has 0 aromatic rings. The Morgan fingerprint density at radius 1 is 1.50 bits per heavy atom. The maximum absolute atomic E-state index is 11.2. The van der Waals surface area contributed by atoms with Crippen LogP contribution in [0.2, 0.25) is 0 Å². The number of ether oxygens (including phenoxy) is 1. The highest BCUT2D eigenvalue weighted by molar-refractivity contribution is 5.99. The van der Waals surface area contributed by atoms with E-state index >= 15 is 0 Å². The Kier molecular flexibility index (Phi) is 1.53. The third-order valence-corrected chi connectivity index (χ3v) is 2.55. The average Bonchev–Trinajstić information content (AvgIpc) is 2.19. The Morgan fingerprint density at radius 3 is 2.92 bits per heavy atom. The number of allylic oxidation sites excluding steroid dienone is 1. The van der Waals surface area contributed by atoms with Crippen molar-refractivity contribution in [2.24, 2.45) is 11.8 Å². The molecule has 0 amide bonds. The first-order chi connectivity index (χ1) is 5.68. The Hall–Kier alpha value is -1.12. The lowest BCUT2D eigenvalue weighted by molar-refractivity contribution is -0.158. The van der Waals surface area contributed by atoms with Crippen LogP contribution in [0.4, 0.5) is 0 Å². The van der Waals surface area contributed by atoms with E-state index in [1.807, 2.05) is 13.0 Å². The topological polar surface area (TPSA) is 43.4 Å². The first-order valence-corrected chi connectivity index (χ1v) is 4.14. The number of fused-ring (bicyclic) bond motifs is 4. The molecule has 64 valence electrons. The minimum atomic E-state index is -0.437. The van der Waals surface area contributed by atoms with Gasteiger partial charge in [-0.2, -0.15) is 0 Å². The van der Waals surface area contributed by atoms with Gasteiger partial charge in [-0.3, -0.25) is 4.79 Å². The van der Waals surface area contributed by atoms with Crippen molar-refractivity contribution in [3.8, 4) is 0 Å². The Labute approximate surface area is 70.4 Å². The largest absolute Gasteiger partial charge is 0.389 e. The predicted molar refractivity (Wildman–Crippen MR) is 41.1 cm³/mol. The van der Waals surface area contributed by atoms with Crippen LogP contribution in [-0.2, 0) is 14.3 Å². The van der Waals surface area contributed by atoms with Crippen molar-refractivity contribution in [2.75, 3.05) is 0 Å². The number of carbonyl (C=O) groups is 2. The molecule has 1 fully saturated rings. The van der Waals surface area contributed by atoms with Gasteiger partial charge in [-0.25, -0.2) is 4.79 Å². The number of hydrogen-bond donors (Lipinski definition) is 0. The molecular weight excluding hydrogens is 156 g/mol. The average molecular weight is 166 g/mol. The second-order valence-corrected chi connectivity index (χ2v) is 3.44. The molecule has 1 saturated heterocycles. The van der Waals surface area contributed by atoms with Crippen LogP contribution in [0, 0.1) is 11.8 Å². The van der Waals surface area contributed by atoms with Gasteiger partial charge < -0.3 is 4.74 Å². The van der Waals surface area contributed by atoms with Gasteiger partial charge in [0.15, 0.2) is 0 Å². The highest BCUT2D eigenvalue weighted by atomic mass is 16.6. The van der Waals surface area contributed by atoms with Crippen molar-refractivity contribution < 1.29 is 14.3 Å². The van der Waals surface area contributed by atoms with E-state index in [1.54, 1.807) is 0 Å². The molecule has 1 aliphatic carbocycles. The molecule has 0 radical (unpaired) electrons. The van der Waals surface area contributed by atoms with Gasteiger partial charge in [-0.15, -0.1) is 0 Å². The zero-order valence-corrected chi connectivity index (χ0v) is 6.87. The molecule has 0 N–H and O–H groups in total. The summed E-state index contributed by atoms with van der Waals surface area (Å²) in [6.07, 6.45) is 3.27. The molecule has 3 rings (SSSR count). The molecule has 2 unspecified atom stereocenters. The molecule has 3 aliphatic rings. The summed E-state index contributed by atoms with van der Waals surface area (Å²) in [5, 5.41) is 0. The second kappa shape index (κ2) is 2.44. The molecular formula is C9H10O3. The number of hydrogen-bond acceptors (Lipinski definition) is 3. The molecule has 0 aromatic carbocycles. The van der Waals surface area contributed by atoms with Crippen LogP contribution in [0.1, 0.15) is 19.8 Å². The highest BCUT2D eigenvalue weighted by Gasteiger charge is 2.36. The normalized spacial score (nSPS) is 34.2. The van der Waals surface area contributed by atoms with Crippen LogP contribution < -0.4 is 0 Å². The van der Waals surface area contributed by atoms with Crippen LogP contribution in [-0.4, -0.2) is 11.9 Å². The summed E-state index contributed by atoms with van der Waals surface area (Å²) in [4.78, 5) is 22.3. The van der Waals surface area contributed by atoms with Crippen molar-refractivity contribution in [3.05, 3.63) is 11.6 Å². The van der Waals surface area contributed by atoms with Crippen LogP contribution in [0.3, 0.4) is 0 Å². The summed E-state index contributed by atoms with van der Waals surface area (Å²) in [5.74, 6) is -0.694. The summed E-state index contributed by atoms with van der Waals surface area (Å²) in [6, 6.07) is 0. The summed E-state index contributed by atoms with van der Waals surface area (Å²) in [6.45, 7) is 1.96. The van der Waals surface area contributed by atoms with Gasteiger partial charge in [-0.1, -0.05) is 13.0 Å². The highest BCUT2D eigenvalue weighted by Crippen LogP contribution is 2.33. The van der Waals surface area contributed by atoms with Crippen molar-refractivity contribution >= 4 is 11.9 Å². The third kappa shape index (κ3) is 0.967. The van der Waals surface area contributed by atoms with Crippen LogP contribution in [0.25, 0.3) is 0 Å². The maximum atomic E-state index is 11.2. The molecule has 0 spiro atoms. The number of carbonyl (C=O) groups excluding carboxylic acids is 2. The molecule has 3 heteroatoms. The van der Waals surface area contributed by atoms with Crippen molar-refractivity contribution in [2.45, 2.75) is 19.8 Å². The van der Waals surface area contributed by atoms with Gasteiger partial charge in [0.2, 0.25) is 0 Å². The molecule has 0 saturated carbocycles. The van der Waals surface area contributed by atoms with E-state index in [4.69, 9.17) is 0 Å². The zero-order chi connectivity index (χ0) is 8.72. The van der Waals surface area contributed by atoms with Gasteiger partial charge in [0, 0.05) is 5.57 Å². The monoisotopic (exact) mass is 166 g/mol. The number of esters is 2. The molecule has 2 atom stereocenters. The van der Waals surface area contributed by atoms with Gasteiger partial charge in [0.05, 0.1) is 5.92 Å². The lowest BCUT2D eigenvalue weighted by Crippen LogP contribution is -2.16. The van der Waals surface area contributed by atoms with E-state index in [0.717, 1.165) is 6.42 Å². The van der Waals surface area contributed by atoms with Gasteiger partial charge >= 0.3 is 11.9 Å². The molecule has 12 heavy (non-hydrogen) atoms. The molecule has 2 heterocycles. The van der Waals surface area contributed by atoms with Crippen LogP contribution in [0.5, 0.6) is 0 Å². The van der Waals surface area contributed by atoms with Crippen molar-refractivity contribution in [1.29, 1.82) is 0 Å².